The summed E-state index contributed by atoms with van der Waals surface area (Å²) in [5.41, 5.74) is 10.3. The summed E-state index contributed by atoms with van der Waals surface area (Å²) in [5, 5.41) is 0.829. The van der Waals surface area contributed by atoms with Crippen LogP contribution in [-0.4, -0.2) is 24.5 Å². The fraction of sp³-hybridized carbons (Fsp3) is 0.444. The molecule has 0 fully saturated rings. The first-order chi connectivity index (χ1) is 10.6. The summed E-state index contributed by atoms with van der Waals surface area (Å²) in [6.45, 7) is 12.8. The van der Waals surface area contributed by atoms with Gasteiger partial charge in [0.25, 0.3) is 0 Å². The molecule has 0 aromatic heterocycles. The van der Waals surface area contributed by atoms with Crippen LogP contribution >= 0.6 is 0 Å². The van der Waals surface area contributed by atoms with Crippen LogP contribution in [0.5, 0.6) is 0 Å². The second-order valence-corrected chi connectivity index (χ2v) is 12.4. The minimum Gasteiger partial charge on any atom is -0.452 e. The summed E-state index contributed by atoms with van der Waals surface area (Å²) in [4.78, 5) is 15.6. The smallest absolute Gasteiger partial charge is 0.421 e. The molecule has 0 N–H and O–H groups in total. The monoisotopic (exact) mass is 330 g/mol. The quantitative estimate of drug-likeness (QED) is 0.264. The molecule has 4 nitrogen and oxygen atoms in total. The van der Waals surface area contributed by atoms with E-state index in [2.05, 4.69) is 38.7 Å². The number of nitrogens with zero attached hydrogens (tertiary/aromatic N) is 2. The molecule has 1 rings (SSSR count). The first-order valence-corrected chi connectivity index (χ1v) is 10.8. The van der Waals surface area contributed by atoms with Gasteiger partial charge in [0.15, 0.2) is 0 Å². The van der Waals surface area contributed by atoms with Crippen molar-refractivity contribution in [1.82, 2.24) is 0 Å². The molecule has 0 saturated heterocycles. The number of rotatable bonds is 5. The number of allylic oxidation sites excluding steroid dienone is 1. The molecule has 23 heavy (non-hydrogen) atoms. The van der Waals surface area contributed by atoms with Crippen molar-refractivity contribution in [2.24, 2.45) is 0 Å². The molecular weight excluding hydrogens is 304 g/mol. The van der Waals surface area contributed by atoms with E-state index in [1.165, 1.54) is 0 Å². The van der Waals surface area contributed by atoms with Gasteiger partial charge in [-0.05, 0) is 17.5 Å². The Balaban J connectivity index is 2.99. The van der Waals surface area contributed by atoms with Gasteiger partial charge in [0.2, 0.25) is 0 Å². The van der Waals surface area contributed by atoms with Crippen molar-refractivity contribution in [3.8, 4) is 0 Å². The van der Waals surface area contributed by atoms with Gasteiger partial charge < -0.3 is 10.3 Å². The highest BCUT2D eigenvalue weighted by Crippen LogP contribution is 2.40. The molecular formula is C18H26N2O2Si. The van der Waals surface area contributed by atoms with Gasteiger partial charge in [0.1, 0.15) is 6.61 Å². The third-order valence-corrected chi connectivity index (χ3v) is 10.2. The van der Waals surface area contributed by atoms with E-state index in [1.807, 2.05) is 43.3 Å². The zero-order valence-electron chi connectivity index (χ0n) is 14.9. The topological polar surface area (TPSA) is 62.7 Å². The molecule has 0 aliphatic carbocycles. The third-order valence-electron chi connectivity index (χ3n) is 4.60. The van der Waals surface area contributed by atoms with Crippen molar-refractivity contribution in [3.63, 3.8) is 0 Å². The van der Waals surface area contributed by atoms with Gasteiger partial charge >= 0.3 is 11.7 Å². The van der Waals surface area contributed by atoms with Crippen LogP contribution in [0.1, 0.15) is 33.3 Å². The van der Waals surface area contributed by atoms with Gasteiger partial charge in [-0.3, -0.25) is 0 Å². The Hall–Kier alpha value is -1.97. The largest absolute Gasteiger partial charge is 0.452 e. The molecule has 1 aromatic carbocycles. The maximum atomic E-state index is 12.4. The number of hydrogen-bond acceptors (Lipinski definition) is 2. The number of carbonyl (C=O) groups excluding carboxylic acids is 1. The van der Waals surface area contributed by atoms with Crippen molar-refractivity contribution >= 4 is 19.8 Å². The summed E-state index contributed by atoms with van der Waals surface area (Å²) in [5.74, 6) is -0.589. The minimum atomic E-state index is -2.02. The van der Waals surface area contributed by atoms with E-state index in [1.54, 1.807) is 0 Å². The minimum absolute atomic E-state index is 0.0183. The summed E-state index contributed by atoms with van der Waals surface area (Å²) < 4.78 is 5.32. The predicted molar refractivity (Wildman–Crippen MR) is 95.8 cm³/mol. The van der Waals surface area contributed by atoms with Crippen molar-refractivity contribution in [3.05, 3.63) is 52.7 Å². The average Bonchev–Trinajstić information content (AvgIpc) is 2.49. The Kier molecular flexibility index (Phi) is 6.25. The van der Waals surface area contributed by atoms with Gasteiger partial charge in [0.05, 0.1) is 8.07 Å². The van der Waals surface area contributed by atoms with Crippen molar-refractivity contribution in [2.45, 2.75) is 52.4 Å². The van der Waals surface area contributed by atoms with E-state index in [0.717, 1.165) is 10.8 Å². The molecule has 0 spiro atoms. The lowest BCUT2D eigenvalue weighted by atomic mass is 10.2. The summed E-state index contributed by atoms with van der Waals surface area (Å²) in [6, 6.07) is 9.44. The Bertz CT molecular complexity index is 637. The number of carbonyl (C=O) groups is 1. The van der Waals surface area contributed by atoms with E-state index >= 15 is 0 Å². The van der Waals surface area contributed by atoms with E-state index < -0.39 is 14.0 Å². The van der Waals surface area contributed by atoms with Crippen LogP contribution in [0.4, 0.5) is 0 Å². The fourth-order valence-electron chi connectivity index (χ4n) is 2.19. The maximum Gasteiger partial charge on any atom is 0.421 e. The number of benzene rings is 1. The predicted octanol–water partition coefficient (Wildman–Crippen LogP) is 4.39. The highest BCUT2D eigenvalue weighted by Gasteiger charge is 2.45. The van der Waals surface area contributed by atoms with Gasteiger partial charge in [-0.2, -0.15) is 4.79 Å². The maximum absolute atomic E-state index is 12.4. The van der Waals surface area contributed by atoms with Gasteiger partial charge in [-0.1, -0.05) is 70.3 Å². The summed E-state index contributed by atoms with van der Waals surface area (Å²) >= 11 is 0. The van der Waals surface area contributed by atoms with Gasteiger partial charge in [-0.25, -0.2) is 4.79 Å². The molecule has 0 unspecified atom stereocenters. The molecule has 0 saturated carbocycles. The van der Waals surface area contributed by atoms with Crippen molar-refractivity contribution < 1.29 is 14.3 Å². The van der Waals surface area contributed by atoms with Crippen LogP contribution in [0.15, 0.2) is 41.6 Å². The Labute approximate surface area is 139 Å². The number of hydrogen-bond donors (Lipinski definition) is 0. The van der Waals surface area contributed by atoms with Crippen LogP contribution in [0, 0.1) is 0 Å². The zero-order valence-corrected chi connectivity index (χ0v) is 15.9. The summed E-state index contributed by atoms with van der Waals surface area (Å²) in [7, 11) is -2.02. The second kappa shape index (κ2) is 7.53. The highest BCUT2D eigenvalue weighted by atomic mass is 28.3. The van der Waals surface area contributed by atoms with Crippen molar-refractivity contribution in [1.29, 1.82) is 0 Å². The zero-order chi connectivity index (χ0) is 17.7. The first-order valence-electron chi connectivity index (χ1n) is 7.75. The lowest BCUT2D eigenvalue weighted by Crippen LogP contribution is -2.44. The molecule has 124 valence electrons. The number of esters is 1. The molecule has 0 aliphatic heterocycles. The van der Waals surface area contributed by atoms with Gasteiger partial charge in [-0.15, -0.1) is 0 Å². The van der Waals surface area contributed by atoms with Crippen LogP contribution in [-0.2, 0) is 16.1 Å². The highest BCUT2D eigenvalue weighted by molar-refractivity contribution is 6.92. The lowest BCUT2D eigenvalue weighted by molar-refractivity contribution is -0.141. The normalized spacial score (nSPS) is 12.5. The van der Waals surface area contributed by atoms with Crippen molar-refractivity contribution in [2.75, 3.05) is 0 Å². The Morgan fingerprint density at radius 2 is 1.83 bits per heavy atom. The van der Waals surface area contributed by atoms with E-state index in [-0.39, 0.29) is 17.4 Å². The molecule has 0 atom stereocenters. The van der Waals surface area contributed by atoms with Crippen LogP contribution in [0.3, 0.4) is 0 Å². The summed E-state index contributed by atoms with van der Waals surface area (Å²) in [6.07, 6.45) is 1.87. The van der Waals surface area contributed by atoms with Gasteiger partial charge in [0, 0.05) is 5.20 Å². The van der Waals surface area contributed by atoms with E-state index in [4.69, 9.17) is 4.74 Å². The molecule has 0 amide bonds. The Morgan fingerprint density at radius 1 is 1.26 bits per heavy atom. The lowest BCUT2D eigenvalue weighted by Gasteiger charge is -2.36. The molecule has 0 heterocycles. The van der Waals surface area contributed by atoms with Crippen LogP contribution < -0.4 is 0 Å². The molecule has 5 heteroatoms. The van der Waals surface area contributed by atoms with E-state index in [0.29, 0.717) is 0 Å². The average molecular weight is 331 g/mol. The number of ether oxygens (including phenoxy) is 1. The SMILES string of the molecule is C/C=C(\C(=[N+]=[N-])C(=O)OCc1ccccc1)[Si](C)(C)C(C)(C)C. The molecule has 0 bridgehead atoms. The Morgan fingerprint density at radius 3 is 2.26 bits per heavy atom. The first kappa shape index (κ1) is 19.1. The van der Waals surface area contributed by atoms with Crippen LogP contribution in [0.2, 0.25) is 18.1 Å². The second-order valence-electron chi connectivity index (χ2n) is 7.09. The molecule has 0 aliphatic rings. The third kappa shape index (κ3) is 4.50. The molecule has 1 aromatic rings. The van der Waals surface area contributed by atoms with Crippen LogP contribution in [0.25, 0.3) is 5.53 Å². The molecule has 0 radical (unpaired) electrons. The standard InChI is InChI=1S/C18H26N2O2Si/c1-7-15(23(5,6)18(2,3)4)16(20-19)17(21)22-13-14-11-9-8-10-12-14/h7-12H,13H2,1-6H3/b15-7+. The fourth-order valence-corrected chi connectivity index (χ4v) is 4.47. The van der Waals surface area contributed by atoms with E-state index in [9.17, 15) is 10.3 Å².